The molecule has 0 radical (unpaired) electrons. The Kier molecular flexibility index (Phi) is 14.3. The number of anilines is 1. The molecule has 3 N–H and O–H groups in total. The van der Waals surface area contributed by atoms with Gasteiger partial charge in [-0.2, -0.15) is 10.6 Å². The molecule has 0 aliphatic carbocycles. The van der Waals surface area contributed by atoms with E-state index in [1.54, 1.807) is 60.8 Å². The van der Waals surface area contributed by atoms with E-state index in [-0.39, 0.29) is 35.9 Å². The number of amidine groups is 1. The number of carbonyl (C=O) groups is 1. The summed E-state index contributed by atoms with van der Waals surface area (Å²) in [5, 5.41) is 19.0. The van der Waals surface area contributed by atoms with Gasteiger partial charge < -0.3 is 4.90 Å². The number of amides is 1. The molecule has 268 valence electrons. The highest BCUT2D eigenvalue weighted by atomic mass is 32.1. The molecule has 4 rings (SSSR count). The predicted octanol–water partition coefficient (Wildman–Crippen LogP) is 10.7. The number of halogens is 1. The van der Waals surface area contributed by atoms with Crippen molar-refractivity contribution in [2.75, 3.05) is 12.0 Å². The lowest BCUT2D eigenvalue weighted by molar-refractivity contribution is -0.131. The second-order valence-electron chi connectivity index (χ2n) is 13.9. The van der Waals surface area contributed by atoms with Gasteiger partial charge in [0.25, 0.3) is 0 Å². The maximum Gasteiger partial charge on any atom is 0.230 e. The molecule has 3 atom stereocenters. The Morgan fingerprint density at radius 3 is 2.16 bits per heavy atom. The van der Waals surface area contributed by atoms with Crippen molar-refractivity contribution in [3.63, 3.8) is 0 Å². The Labute approximate surface area is 304 Å². The molecular formula is C41H55FN5O2S+. The van der Waals surface area contributed by atoms with Crippen LogP contribution in [0.5, 0.6) is 0 Å². The van der Waals surface area contributed by atoms with Gasteiger partial charge >= 0.3 is 0 Å². The Morgan fingerprint density at radius 2 is 1.62 bits per heavy atom. The smallest absolute Gasteiger partial charge is 0.230 e. The molecule has 0 aliphatic heterocycles. The van der Waals surface area contributed by atoms with Gasteiger partial charge in [-0.05, 0) is 73.4 Å². The SMILES string of the molecule is CCC(C)C(=O)N(CC)C(=N)CCC(C)(F)c1cccc(-c2ccc(N[N+](O)(S)c3ccccc3)cn2)c1.CCc1ccc(C(C)(C)C)cc1. The van der Waals surface area contributed by atoms with Gasteiger partial charge in [0.2, 0.25) is 11.6 Å². The number of quaternary nitrogens is 1. The zero-order valence-electron chi connectivity index (χ0n) is 30.9. The van der Waals surface area contributed by atoms with E-state index in [1.165, 1.54) is 23.0 Å². The van der Waals surface area contributed by atoms with E-state index in [0.717, 1.165) is 12.0 Å². The van der Waals surface area contributed by atoms with Crippen molar-refractivity contribution in [1.29, 1.82) is 5.41 Å². The van der Waals surface area contributed by atoms with Gasteiger partial charge in [-0.25, -0.2) is 4.39 Å². The normalized spacial score (nSPS) is 14.3. The lowest BCUT2D eigenvalue weighted by Crippen LogP contribution is -2.41. The third-order valence-corrected chi connectivity index (χ3v) is 9.26. The third kappa shape index (κ3) is 11.2. The first-order valence-corrected chi connectivity index (χ1v) is 17.8. The van der Waals surface area contributed by atoms with E-state index in [2.05, 4.69) is 75.2 Å². The molecule has 0 fully saturated rings. The molecule has 50 heavy (non-hydrogen) atoms. The summed E-state index contributed by atoms with van der Waals surface area (Å²) >= 11 is 4.28. The van der Waals surface area contributed by atoms with Crippen LogP contribution in [0, 0.1) is 11.3 Å². The highest BCUT2D eigenvalue weighted by molar-refractivity contribution is 7.79. The number of para-hydroxylation sites is 1. The molecule has 1 heterocycles. The number of pyridine rings is 1. The molecule has 3 unspecified atom stereocenters. The van der Waals surface area contributed by atoms with Crippen molar-refractivity contribution in [2.45, 2.75) is 92.2 Å². The standard InChI is InChI=1S/C29H37FN5O2S.C12H18/c1-5-21(3)28(36)34(6-2)27(31)17-18-29(4,30)23-12-10-11-22(19-23)26-16-15-24(20-32-26)33-35(37,38)25-13-8-7-9-14-25;1-5-10-6-8-11(9-7-10)12(2,3)4/h7-16,19-21,31,33,37-38H,5-6,17-18H2,1-4H3;6-9H,5H2,1-4H3/q+1;. The number of hydrogen-bond acceptors (Lipinski definition) is 6. The minimum atomic E-state index is -1.70. The number of alkyl halides is 1. The Balaban J connectivity index is 0.000000474. The maximum absolute atomic E-state index is 15.8. The molecule has 1 amide bonds. The molecule has 0 saturated carbocycles. The molecule has 0 spiro atoms. The van der Waals surface area contributed by atoms with Gasteiger partial charge in [-0.3, -0.25) is 15.2 Å². The molecule has 0 bridgehead atoms. The second-order valence-corrected chi connectivity index (χ2v) is 14.5. The van der Waals surface area contributed by atoms with E-state index in [1.807, 2.05) is 32.9 Å². The lowest BCUT2D eigenvalue weighted by atomic mass is 9.86. The van der Waals surface area contributed by atoms with E-state index < -0.39 is 9.83 Å². The molecule has 9 heteroatoms. The van der Waals surface area contributed by atoms with E-state index in [9.17, 15) is 10.0 Å². The fourth-order valence-electron chi connectivity index (χ4n) is 5.31. The highest BCUT2D eigenvalue weighted by Crippen LogP contribution is 2.34. The van der Waals surface area contributed by atoms with Crippen LogP contribution in [0.25, 0.3) is 11.3 Å². The van der Waals surface area contributed by atoms with Gasteiger partial charge in [0.1, 0.15) is 30.0 Å². The predicted molar refractivity (Wildman–Crippen MR) is 209 cm³/mol. The maximum atomic E-state index is 15.8. The van der Waals surface area contributed by atoms with Crippen molar-refractivity contribution in [3.05, 3.63) is 114 Å². The largest absolute Gasteiger partial charge is 0.301 e. The van der Waals surface area contributed by atoms with Crippen LogP contribution in [0.4, 0.5) is 15.8 Å². The molecular weight excluding hydrogens is 646 g/mol. The van der Waals surface area contributed by atoms with Crippen molar-refractivity contribution in [1.82, 2.24) is 14.0 Å². The summed E-state index contributed by atoms with van der Waals surface area (Å²) in [4.78, 5) is 18.5. The number of hydrogen-bond donors (Lipinski definition) is 4. The topological polar surface area (TPSA) is 89.3 Å². The Bertz CT molecular complexity index is 1670. The Morgan fingerprint density at radius 1 is 0.960 bits per heavy atom. The monoisotopic (exact) mass is 700 g/mol. The summed E-state index contributed by atoms with van der Waals surface area (Å²) in [5.74, 6) is -0.122. The number of thiol groups is 1. The molecule has 4 aromatic rings. The minimum absolute atomic E-state index is 0.0772. The number of aryl methyl sites for hydroxylation is 1. The fraction of sp³-hybridized carbons (Fsp3) is 0.390. The summed E-state index contributed by atoms with van der Waals surface area (Å²) in [6.45, 7) is 16.4. The summed E-state index contributed by atoms with van der Waals surface area (Å²) in [5.41, 5.74) is 7.27. The number of aromatic nitrogens is 1. The van der Waals surface area contributed by atoms with Gasteiger partial charge in [0.15, 0.2) is 0 Å². The van der Waals surface area contributed by atoms with Crippen LogP contribution in [0.2, 0.25) is 0 Å². The summed E-state index contributed by atoms with van der Waals surface area (Å²) in [7, 11) is 0. The average Bonchev–Trinajstić information content (AvgIpc) is 3.11. The second kappa shape index (κ2) is 17.7. The quantitative estimate of drug-likeness (QED) is 0.0389. The summed E-state index contributed by atoms with van der Waals surface area (Å²) in [6, 6.07) is 28.5. The van der Waals surface area contributed by atoms with Gasteiger partial charge in [-0.1, -0.05) is 102 Å². The molecule has 0 aliphatic rings. The number of rotatable bonds is 12. The van der Waals surface area contributed by atoms with E-state index >= 15 is 4.39 Å². The van der Waals surface area contributed by atoms with Gasteiger partial charge in [-0.15, -0.1) is 0 Å². The van der Waals surface area contributed by atoms with Crippen molar-refractivity contribution < 1.29 is 14.4 Å². The van der Waals surface area contributed by atoms with Crippen LogP contribution >= 0.6 is 12.8 Å². The minimum Gasteiger partial charge on any atom is -0.301 e. The molecule has 0 saturated heterocycles. The lowest BCUT2D eigenvalue weighted by Gasteiger charge is -2.27. The number of nitrogens with one attached hydrogen (secondary N) is 2. The first-order chi connectivity index (χ1) is 23.5. The number of benzene rings is 3. The number of nitrogens with zero attached hydrogens (tertiary/aromatic N) is 3. The van der Waals surface area contributed by atoms with Crippen LogP contribution in [-0.2, 0) is 22.3 Å². The van der Waals surface area contributed by atoms with Crippen LogP contribution in [0.3, 0.4) is 0 Å². The zero-order valence-corrected chi connectivity index (χ0v) is 31.8. The van der Waals surface area contributed by atoms with Crippen molar-refractivity contribution in [3.8, 4) is 11.3 Å². The van der Waals surface area contributed by atoms with Gasteiger partial charge in [0.05, 0.1) is 11.9 Å². The fourth-order valence-corrected chi connectivity index (χ4v) is 5.56. The first-order valence-electron chi connectivity index (χ1n) is 17.4. The highest BCUT2D eigenvalue weighted by Gasteiger charge is 2.29. The first kappa shape index (κ1) is 40.4. The van der Waals surface area contributed by atoms with E-state index in [0.29, 0.717) is 35.6 Å². The molecule has 1 aromatic heterocycles. The van der Waals surface area contributed by atoms with Crippen molar-refractivity contribution >= 4 is 35.9 Å². The average molecular weight is 701 g/mol. The van der Waals surface area contributed by atoms with Crippen LogP contribution < -0.4 is 9.59 Å². The van der Waals surface area contributed by atoms with Crippen LogP contribution in [0.15, 0.2) is 97.2 Å². The summed E-state index contributed by atoms with van der Waals surface area (Å²) < 4.78 is 15.0. The summed E-state index contributed by atoms with van der Waals surface area (Å²) in [6.07, 6.45) is 3.63. The van der Waals surface area contributed by atoms with Gasteiger partial charge in [0, 0.05) is 40.7 Å². The zero-order chi connectivity index (χ0) is 37.1. The number of carbonyl (C=O) groups excluding carboxylic acids is 1. The molecule has 3 aromatic carbocycles. The van der Waals surface area contributed by atoms with Crippen LogP contribution in [0.1, 0.15) is 91.3 Å². The van der Waals surface area contributed by atoms with E-state index in [4.69, 9.17) is 5.41 Å². The molecule has 7 nitrogen and oxygen atoms in total. The third-order valence-electron chi connectivity index (χ3n) is 8.93. The Hall–Kier alpha value is -4.05. The van der Waals surface area contributed by atoms with Crippen molar-refractivity contribution in [2.24, 2.45) is 5.92 Å². The van der Waals surface area contributed by atoms with Crippen LogP contribution in [-0.4, -0.2) is 33.4 Å².